The van der Waals surface area contributed by atoms with Gasteiger partial charge >= 0.3 is 5.97 Å². The van der Waals surface area contributed by atoms with Crippen LogP contribution in [0.15, 0.2) is 42.6 Å². The van der Waals surface area contributed by atoms with Crippen molar-refractivity contribution in [2.75, 3.05) is 6.61 Å². The molecule has 0 radical (unpaired) electrons. The number of hydrogen-bond donors (Lipinski definition) is 1. The fourth-order valence-electron chi connectivity index (χ4n) is 5.39. The zero-order valence-corrected chi connectivity index (χ0v) is 22.8. The van der Waals surface area contributed by atoms with E-state index in [1.54, 1.807) is 17.7 Å². The minimum absolute atomic E-state index is 0.0657. The Kier molecular flexibility index (Phi) is 6.93. The fraction of sp³-hybridized carbons (Fsp3) is 0.355. The number of aromatic nitrogens is 2. The Labute approximate surface area is 226 Å². The molecule has 1 atom stereocenters. The number of halogens is 2. The number of carbonyl (C=O) groups is 1. The molecule has 0 saturated carbocycles. The number of rotatable bonds is 6. The molecule has 6 nitrogen and oxygen atoms in total. The Morgan fingerprint density at radius 3 is 2.67 bits per heavy atom. The molecule has 0 aliphatic carbocycles. The highest BCUT2D eigenvalue weighted by Crippen LogP contribution is 2.43. The zero-order chi connectivity index (χ0) is 28.1. The number of aliphatic carboxylic acids is 1. The van der Waals surface area contributed by atoms with Crippen LogP contribution < -0.4 is 4.74 Å². The average molecular weight is 535 g/mol. The van der Waals surface area contributed by atoms with E-state index in [1.165, 1.54) is 12.1 Å². The molecule has 0 saturated heterocycles. The molecule has 0 amide bonds. The molecule has 1 aliphatic rings. The van der Waals surface area contributed by atoms with Crippen LogP contribution in [0.4, 0.5) is 8.78 Å². The quantitative estimate of drug-likeness (QED) is 0.291. The molecule has 2 aromatic heterocycles. The summed E-state index contributed by atoms with van der Waals surface area (Å²) in [5.74, 6) is -2.09. The van der Waals surface area contributed by atoms with Crippen molar-refractivity contribution in [3.63, 3.8) is 0 Å². The summed E-state index contributed by atoms with van der Waals surface area (Å²) in [7, 11) is 0. The van der Waals surface area contributed by atoms with Gasteiger partial charge in [0.1, 0.15) is 11.4 Å². The first kappa shape index (κ1) is 26.8. The summed E-state index contributed by atoms with van der Waals surface area (Å²) in [6.45, 7) is 9.96. The molecule has 2 aromatic carbocycles. The van der Waals surface area contributed by atoms with Crippen molar-refractivity contribution in [3.8, 4) is 16.9 Å². The fourth-order valence-corrected chi connectivity index (χ4v) is 5.39. The van der Waals surface area contributed by atoms with E-state index < -0.39 is 29.3 Å². The van der Waals surface area contributed by atoms with E-state index in [4.69, 9.17) is 14.5 Å². The first-order valence-electron chi connectivity index (χ1n) is 13.0. The number of pyridine rings is 1. The van der Waals surface area contributed by atoms with Gasteiger partial charge in [-0.1, -0.05) is 18.2 Å². The van der Waals surface area contributed by atoms with Gasteiger partial charge in [0.2, 0.25) is 0 Å². The Bertz CT molecular complexity index is 1590. The lowest BCUT2D eigenvalue weighted by molar-refractivity contribution is -0.160. The standard InChI is InChI=1S/C31H32F2N2O4/c1-17-20-9-7-15-38-24(20)12-11-21(17)26-22-13-14-35(16-19-8-6-10-23(32)27(19)33)29(22)34-18(2)25(26)28(30(36)37)39-31(3,4)5/h6,8,10-14,28H,7,9,15-16H2,1-5H3,(H,36,37)/t28-/m0/s1. The lowest BCUT2D eigenvalue weighted by atomic mass is 9.87. The number of carboxylic acid groups (broad SMARTS) is 1. The Morgan fingerprint density at radius 2 is 1.95 bits per heavy atom. The molecule has 4 aromatic rings. The first-order valence-corrected chi connectivity index (χ1v) is 13.0. The summed E-state index contributed by atoms with van der Waals surface area (Å²) >= 11 is 0. The second-order valence-electron chi connectivity index (χ2n) is 11.0. The van der Waals surface area contributed by atoms with Gasteiger partial charge in [0.05, 0.1) is 18.8 Å². The van der Waals surface area contributed by atoms with Gasteiger partial charge in [-0.15, -0.1) is 0 Å². The number of fused-ring (bicyclic) bond motifs is 2. The number of nitrogens with zero attached hydrogens (tertiary/aromatic N) is 2. The van der Waals surface area contributed by atoms with Crippen LogP contribution in [0.3, 0.4) is 0 Å². The number of aryl methyl sites for hydroxylation is 1. The van der Waals surface area contributed by atoms with E-state index in [0.717, 1.165) is 41.3 Å². The molecule has 3 heterocycles. The Balaban J connectivity index is 1.78. The zero-order valence-electron chi connectivity index (χ0n) is 22.8. The van der Waals surface area contributed by atoms with Crippen LogP contribution >= 0.6 is 0 Å². The molecule has 5 rings (SSSR count). The molecule has 1 aliphatic heterocycles. The number of hydrogen-bond acceptors (Lipinski definition) is 4. The second-order valence-corrected chi connectivity index (χ2v) is 11.0. The number of carboxylic acids is 1. The van der Waals surface area contributed by atoms with E-state index in [0.29, 0.717) is 34.5 Å². The van der Waals surface area contributed by atoms with Gasteiger partial charge in [0.25, 0.3) is 0 Å². The summed E-state index contributed by atoms with van der Waals surface area (Å²) in [6.07, 6.45) is 2.26. The van der Waals surface area contributed by atoms with E-state index in [2.05, 4.69) is 0 Å². The third-order valence-corrected chi connectivity index (χ3v) is 7.12. The Hall–Kier alpha value is -3.78. The van der Waals surface area contributed by atoms with E-state index in [9.17, 15) is 18.7 Å². The van der Waals surface area contributed by atoms with Crippen LogP contribution in [0.2, 0.25) is 0 Å². The summed E-state index contributed by atoms with van der Waals surface area (Å²) < 4.78 is 42.2. The number of benzene rings is 2. The van der Waals surface area contributed by atoms with Gasteiger partial charge < -0.3 is 19.1 Å². The summed E-state index contributed by atoms with van der Waals surface area (Å²) in [6, 6.07) is 9.84. The summed E-state index contributed by atoms with van der Waals surface area (Å²) in [4.78, 5) is 17.4. The maximum Gasteiger partial charge on any atom is 0.337 e. The highest BCUT2D eigenvalue weighted by molar-refractivity contribution is 5.99. The highest BCUT2D eigenvalue weighted by Gasteiger charge is 2.33. The van der Waals surface area contributed by atoms with Crippen LogP contribution in [0.5, 0.6) is 5.75 Å². The second kappa shape index (κ2) is 10.1. The predicted molar refractivity (Wildman–Crippen MR) is 145 cm³/mol. The third kappa shape index (κ3) is 5.01. The minimum atomic E-state index is -1.27. The maximum atomic E-state index is 14.5. The van der Waals surface area contributed by atoms with Crippen molar-refractivity contribution >= 4 is 17.0 Å². The van der Waals surface area contributed by atoms with Crippen molar-refractivity contribution in [1.29, 1.82) is 0 Å². The minimum Gasteiger partial charge on any atom is -0.493 e. The molecular formula is C31H32F2N2O4. The van der Waals surface area contributed by atoms with Gasteiger partial charge in [0, 0.05) is 34.0 Å². The highest BCUT2D eigenvalue weighted by atomic mass is 19.2. The van der Waals surface area contributed by atoms with Crippen LogP contribution in [0, 0.1) is 25.5 Å². The van der Waals surface area contributed by atoms with Gasteiger partial charge in [-0.25, -0.2) is 18.6 Å². The molecule has 0 fully saturated rings. The summed E-state index contributed by atoms with van der Waals surface area (Å²) in [5, 5.41) is 11.0. The van der Waals surface area contributed by atoms with Gasteiger partial charge in [0.15, 0.2) is 17.7 Å². The normalized spacial score (nSPS) is 14.2. The summed E-state index contributed by atoms with van der Waals surface area (Å²) in [5.41, 5.74) is 4.63. The lowest BCUT2D eigenvalue weighted by Crippen LogP contribution is -2.28. The van der Waals surface area contributed by atoms with Crippen molar-refractivity contribution in [2.24, 2.45) is 0 Å². The monoisotopic (exact) mass is 534 g/mol. The third-order valence-electron chi connectivity index (χ3n) is 7.12. The molecular weight excluding hydrogens is 502 g/mol. The van der Waals surface area contributed by atoms with Gasteiger partial charge in [-0.3, -0.25) is 0 Å². The smallest absolute Gasteiger partial charge is 0.337 e. The maximum absolute atomic E-state index is 14.5. The van der Waals surface area contributed by atoms with Crippen LogP contribution in [0.25, 0.3) is 22.2 Å². The number of ether oxygens (including phenoxy) is 2. The Morgan fingerprint density at radius 1 is 1.18 bits per heavy atom. The molecule has 204 valence electrons. The van der Waals surface area contributed by atoms with Crippen LogP contribution in [-0.2, 0) is 22.5 Å². The molecule has 8 heteroatoms. The lowest BCUT2D eigenvalue weighted by Gasteiger charge is -2.29. The molecule has 0 bridgehead atoms. The SMILES string of the molecule is Cc1nc2c(ccn2Cc2cccc(F)c2F)c(-c2ccc3c(c2C)CCCO3)c1[C@H](OC(C)(C)C)C(=O)O. The first-order chi connectivity index (χ1) is 18.5. The van der Waals surface area contributed by atoms with Crippen LogP contribution in [-0.4, -0.2) is 32.8 Å². The van der Waals surface area contributed by atoms with Gasteiger partial charge in [-0.2, -0.15) is 0 Å². The average Bonchev–Trinajstić information content (AvgIpc) is 3.26. The van der Waals surface area contributed by atoms with Crippen molar-refractivity contribution in [3.05, 3.63) is 82.2 Å². The van der Waals surface area contributed by atoms with E-state index >= 15 is 0 Å². The molecule has 39 heavy (non-hydrogen) atoms. The molecule has 0 unspecified atom stereocenters. The topological polar surface area (TPSA) is 73.6 Å². The molecule has 1 N–H and O–H groups in total. The van der Waals surface area contributed by atoms with Crippen molar-refractivity contribution in [2.45, 2.75) is 65.7 Å². The van der Waals surface area contributed by atoms with E-state index in [-0.39, 0.29) is 12.1 Å². The van der Waals surface area contributed by atoms with Crippen molar-refractivity contribution in [1.82, 2.24) is 9.55 Å². The predicted octanol–water partition coefficient (Wildman–Crippen LogP) is 6.91. The van der Waals surface area contributed by atoms with E-state index in [1.807, 2.05) is 45.9 Å². The van der Waals surface area contributed by atoms with Crippen molar-refractivity contribution < 1.29 is 28.2 Å². The molecule has 0 spiro atoms. The van der Waals surface area contributed by atoms with Gasteiger partial charge in [-0.05, 0) is 82.3 Å². The van der Waals surface area contributed by atoms with Crippen LogP contribution in [0.1, 0.15) is 61.2 Å². The largest absolute Gasteiger partial charge is 0.493 e.